The van der Waals surface area contributed by atoms with Crippen LogP contribution in [0.25, 0.3) is 11.0 Å². The van der Waals surface area contributed by atoms with Gasteiger partial charge in [-0.2, -0.15) is 0 Å². The van der Waals surface area contributed by atoms with Crippen molar-refractivity contribution in [1.82, 2.24) is 19.9 Å². The molecule has 0 aliphatic carbocycles. The van der Waals surface area contributed by atoms with E-state index in [4.69, 9.17) is 9.72 Å². The smallest absolute Gasteiger partial charge is 0.316 e. The van der Waals surface area contributed by atoms with E-state index in [1.54, 1.807) is 18.5 Å². The van der Waals surface area contributed by atoms with Gasteiger partial charge in [-0.25, -0.2) is 15.0 Å². The van der Waals surface area contributed by atoms with E-state index >= 15 is 0 Å². The summed E-state index contributed by atoms with van der Waals surface area (Å²) >= 11 is 0. The van der Waals surface area contributed by atoms with Gasteiger partial charge in [0.1, 0.15) is 5.82 Å². The summed E-state index contributed by atoms with van der Waals surface area (Å²) in [6.45, 7) is 2.61. The molecule has 6 heteroatoms. The van der Waals surface area contributed by atoms with Crippen LogP contribution >= 0.6 is 0 Å². The molecule has 2 aromatic heterocycles. The second-order valence-corrected chi connectivity index (χ2v) is 5.99. The summed E-state index contributed by atoms with van der Waals surface area (Å²) in [5.41, 5.74) is 1.88. The number of nitrogens with zero attached hydrogens (tertiary/aromatic N) is 5. The Balaban J connectivity index is 1.35. The molecular weight excluding hydrogens is 302 g/mol. The Bertz CT molecular complexity index is 803. The summed E-state index contributed by atoms with van der Waals surface area (Å²) in [4.78, 5) is 19.7. The highest BCUT2D eigenvalue weighted by molar-refractivity contribution is 5.75. The van der Waals surface area contributed by atoms with E-state index in [9.17, 15) is 0 Å². The minimum atomic E-state index is 0.459. The lowest BCUT2D eigenvalue weighted by Gasteiger charge is -2.32. The lowest BCUT2D eigenvalue weighted by molar-refractivity contribution is 0.208. The van der Waals surface area contributed by atoms with Crippen LogP contribution in [0, 0.1) is 5.92 Å². The number of rotatable bonds is 4. The lowest BCUT2D eigenvalue weighted by Crippen LogP contribution is -2.36. The maximum atomic E-state index is 5.68. The molecule has 122 valence electrons. The van der Waals surface area contributed by atoms with Gasteiger partial charge in [0.05, 0.1) is 23.8 Å². The molecule has 0 unspecified atom stereocenters. The predicted octanol–water partition coefficient (Wildman–Crippen LogP) is 2.72. The Morgan fingerprint density at radius 1 is 0.958 bits per heavy atom. The van der Waals surface area contributed by atoms with E-state index in [2.05, 4.69) is 19.9 Å². The Labute approximate surface area is 140 Å². The van der Waals surface area contributed by atoms with Crippen LogP contribution in [0.4, 0.5) is 5.82 Å². The van der Waals surface area contributed by atoms with Crippen molar-refractivity contribution in [2.45, 2.75) is 12.8 Å². The molecule has 1 aliphatic rings. The third-order valence-corrected chi connectivity index (χ3v) is 4.36. The summed E-state index contributed by atoms with van der Waals surface area (Å²) < 4.78 is 5.68. The third-order valence-electron chi connectivity index (χ3n) is 4.36. The molecule has 0 spiro atoms. The molecular formula is C18H19N5O. The molecule has 4 rings (SSSR count). The van der Waals surface area contributed by atoms with Crippen molar-refractivity contribution in [3.8, 4) is 6.01 Å². The van der Waals surface area contributed by atoms with Crippen LogP contribution in [0.1, 0.15) is 12.8 Å². The zero-order chi connectivity index (χ0) is 16.2. The molecule has 1 fully saturated rings. The molecule has 0 radical (unpaired) electrons. The number of fused-ring (bicyclic) bond motifs is 1. The van der Waals surface area contributed by atoms with Crippen LogP contribution in [0.15, 0.2) is 48.9 Å². The average Bonchev–Trinajstić information content (AvgIpc) is 2.67. The van der Waals surface area contributed by atoms with Crippen LogP contribution in [0.3, 0.4) is 0 Å². The van der Waals surface area contributed by atoms with Gasteiger partial charge in [0.2, 0.25) is 0 Å². The molecule has 0 amide bonds. The van der Waals surface area contributed by atoms with Gasteiger partial charge in [-0.3, -0.25) is 4.98 Å². The average molecular weight is 321 g/mol. The van der Waals surface area contributed by atoms with Crippen molar-refractivity contribution in [2.24, 2.45) is 5.92 Å². The molecule has 24 heavy (non-hydrogen) atoms. The largest absolute Gasteiger partial charge is 0.463 e. The van der Waals surface area contributed by atoms with E-state index in [0.717, 1.165) is 42.8 Å². The fourth-order valence-electron chi connectivity index (χ4n) is 2.98. The van der Waals surface area contributed by atoms with Crippen molar-refractivity contribution in [3.05, 3.63) is 48.9 Å². The second-order valence-electron chi connectivity index (χ2n) is 5.99. The number of aromatic nitrogens is 4. The molecule has 6 nitrogen and oxygen atoms in total. The molecule has 3 heterocycles. The Morgan fingerprint density at radius 2 is 1.71 bits per heavy atom. The fourth-order valence-corrected chi connectivity index (χ4v) is 2.98. The molecule has 3 aromatic rings. The number of piperidine rings is 1. The minimum absolute atomic E-state index is 0.459. The normalized spacial score (nSPS) is 15.6. The zero-order valence-electron chi connectivity index (χ0n) is 13.4. The minimum Gasteiger partial charge on any atom is -0.463 e. The van der Waals surface area contributed by atoms with Crippen LogP contribution < -0.4 is 9.64 Å². The highest BCUT2D eigenvalue weighted by Gasteiger charge is 2.21. The van der Waals surface area contributed by atoms with Crippen LogP contribution in [-0.4, -0.2) is 39.6 Å². The quantitative estimate of drug-likeness (QED) is 0.736. The summed E-state index contributed by atoms with van der Waals surface area (Å²) in [5.74, 6) is 1.48. The Morgan fingerprint density at radius 3 is 2.50 bits per heavy atom. The molecule has 1 aliphatic heterocycles. The molecule has 0 atom stereocenters. The second kappa shape index (κ2) is 6.78. The number of hydrogen-bond acceptors (Lipinski definition) is 6. The third kappa shape index (κ3) is 3.27. The molecule has 0 bridgehead atoms. The first-order valence-electron chi connectivity index (χ1n) is 8.25. The summed E-state index contributed by atoms with van der Waals surface area (Å²) in [7, 11) is 0. The maximum absolute atomic E-state index is 5.68. The number of ether oxygens (including phenoxy) is 1. The Kier molecular flexibility index (Phi) is 4.18. The maximum Gasteiger partial charge on any atom is 0.316 e. The van der Waals surface area contributed by atoms with Crippen molar-refractivity contribution >= 4 is 16.9 Å². The van der Waals surface area contributed by atoms with Crippen LogP contribution in [0.5, 0.6) is 6.01 Å². The van der Waals surface area contributed by atoms with Crippen molar-refractivity contribution < 1.29 is 4.74 Å². The first-order chi connectivity index (χ1) is 11.9. The first-order valence-corrected chi connectivity index (χ1v) is 8.25. The van der Waals surface area contributed by atoms with Gasteiger partial charge in [-0.05, 0) is 37.0 Å². The van der Waals surface area contributed by atoms with E-state index in [0.29, 0.717) is 18.5 Å². The molecule has 1 aromatic carbocycles. The standard InChI is InChI=1S/C18H19N5O/c1-2-5-16-15(4-1)21-12-17(22-16)23-10-6-14(7-11-23)13-24-18-19-8-3-9-20-18/h1-5,8-9,12,14H,6-7,10-11,13H2. The molecule has 1 saturated heterocycles. The number of anilines is 1. The van der Waals surface area contributed by atoms with Gasteiger partial charge >= 0.3 is 6.01 Å². The lowest BCUT2D eigenvalue weighted by atomic mass is 9.98. The monoisotopic (exact) mass is 321 g/mol. The zero-order valence-corrected chi connectivity index (χ0v) is 13.4. The van der Waals surface area contributed by atoms with Gasteiger partial charge in [0.15, 0.2) is 0 Å². The summed E-state index contributed by atoms with van der Waals surface area (Å²) in [6.07, 6.45) is 7.41. The van der Waals surface area contributed by atoms with E-state index in [1.165, 1.54) is 0 Å². The van der Waals surface area contributed by atoms with Gasteiger partial charge < -0.3 is 9.64 Å². The molecule has 0 saturated carbocycles. The number of benzene rings is 1. The molecule has 0 N–H and O–H groups in total. The van der Waals surface area contributed by atoms with E-state index in [1.807, 2.05) is 30.5 Å². The Hall–Kier alpha value is -2.76. The van der Waals surface area contributed by atoms with E-state index < -0.39 is 0 Å². The fraction of sp³-hybridized carbons (Fsp3) is 0.333. The first kappa shape index (κ1) is 14.8. The van der Waals surface area contributed by atoms with Crippen LogP contribution in [0.2, 0.25) is 0 Å². The van der Waals surface area contributed by atoms with Crippen molar-refractivity contribution in [3.63, 3.8) is 0 Å². The highest BCUT2D eigenvalue weighted by Crippen LogP contribution is 2.23. The van der Waals surface area contributed by atoms with Gasteiger partial charge in [0, 0.05) is 25.5 Å². The number of hydrogen-bond donors (Lipinski definition) is 0. The highest BCUT2D eigenvalue weighted by atomic mass is 16.5. The van der Waals surface area contributed by atoms with Crippen molar-refractivity contribution in [1.29, 1.82) is 0 Å². The summed E-state index contributed by atoms with van der Waals surface area (Å²) in [5, 5.41) is 0. The van der Waals surface area contributed by atoms with Crippen LogP contribution in [-0.2, 0) is 0 Å². The predicted molar refractivity (Wildman–Crippen MR) is 92.0 cm³/mol. The van der Waals surface area contributed by atoms with Gasteiger partial charge in [-0.1, -0.05) is 12.1 Å². The number of para-hydroxylation sites is 2. The SMILES string of the molecule is c1cnc(OCC2CCN(c3cnc4ccccc4n3)CC2)nc1. The van der Waals surface area contributed by atoms with Crippen molar-refractivity contribution in [2.75, 3.05) is 24.6 Å². The van der Waals surface area contributed by atoms with E-state index in [-0.39, 0.29) is 0 Å². The topological polar surface area (TPSA) is 64.0 Å². The summed E-state index contributed by atoms with van der Waals surface area (Å²) in [6, 6.07) is 10.2. The van der Waals surface area contributed by atoms with Gasteiger partial charge in [-0.15, -0.1) is 0 Å². The van der Waals surface area contributed by atoms with Gasteiger partial charge in [0.25, 0.3) is 0 Å².